The van der Waals surface area contributed by atoms with Gasteiger partial charge in [0.2, 0.25) is 0 Å². The lowest BCUT2D eigenvalue weighted by atomic mass is 9.91. The first-order valence-corrected chi connectivity index (χ1v) is 8.35. The number of aromatic amines is 1. The summed E-state index contributed by atoms with van der Waals surface area (Å²) in [4.78, 5) is 3.54. The highest BCUT2D eigenvalue weighted by molar-refractivity contribution is 5.86. The fraction of sp³-hybridized carbons (Fsp3) is 0.182. The fourth-order valence-electron chi connectivity index (χ4n) is 3.48. The van der Waals surface area contributed by atoms with E-state index < -0.39 is 0 Å². The van der Waals surface area contributed by atoms with E-state index in [0.717, 1.165) is 12.8 Å². The van der Waals surface area contributed by atoms with Crippen LogP contribution in [0.3, 0.4) is 0 Å². The number of rotatable bonds is 4. The summed E-state index contributed by atoms with van der Waals surface area (Å²) in [5.74, 6) is 0.549. The normalized spacial score (nSPS) is 12.7. The van der Waals surface area contributed by atoms with E-state index in [1.807, 2.05) is 0 Å². The van der Waals surface area contributed by atoms with Crippen molar-refractivity contribution in [3.63, 3.8) is 0 Å². The van der Waals surface area contributed by atoms with E-state index in [4.69, 9.17) is 0 Å². The molecule has 114 valence electrons. The molecule has 4 rings (SSSR count). The Morgan fingerprint density at radius 2 is 1.57 bits per heavy atom. The summed E-state index contributed by atoms with van der Waals surface area (Å²) in [6, 6.07) is 26.1. The van der Waals surface area contributed by atoms with Crippen LogP contribution in [0.2, 0.25) is 0 Å². The van der Waals surface area contributed by atoms with Crippen LogP contribution in [0, 0.1) is 0 Å². The molecule has 1 atom stereocenters. The van der Waals surface area contributed by atoms with E-state index in [0.29, 0.717) is 5.92 Å². The summed E-state index contributed by atoms with van der Waals surface area (Å²) in [7, 11) is 0. The zero-order valence-corrected chi connectivity index (χ0v) is 13.4. The number of fused-ring (bicyclic) bond motifs is 2. The molecule has 0 amide bonds. The molecular formula is C22H21N. The Kier molecular flexibility index (Phi) is 3.63. The zero-order valence-electron chi connectivity index (χ0n) is 13.4. The van der Waals surface area contributed by atoms with Gasteiger partial charge in [0.15, 0.2) is 0 Å². The molecule has 1 heteroatoms. The molecule has 0 bridgehead atoms. The van der Waals surface area contributed by atoms with Gasteiger partial charge in [0.1, 0.15) is 0 Å². The molecular weight excluding hydrogens is 278 g/mol. The number of hydrogen-bond donors (Lipinski definition) is 1. The standard InChI is InChI=1S/C22H21N/c1-16(20-11-6-9-17-7-2-4-10-21(17)20)13-14-19-15-18-8-3-5-12-22(18)23-19/h2-12,15-16,23H,13-14H2,1H3/t16-/m0/s1. The minimum atomic E-state index is 0.549. The number of para-hydroxylation sites is 1. The fourth-order valence-corrected chi connectivity index (χ4v) is 3.48. The summed E-state index contributed by atoms with van der Waals surface area (Å²) in [5, 5.41) is 4.03. The molecule has 1 aromatic heterocycles. The van der Waals surface area contributed by atoms with Gasteiger partial charge in [-0.25, -0.2) is 0 Å². The van der Waals surface area contributed by atoms with Gasteiger partial charge in [-0.3, -0.25) is 0 Å². The van der Waals surface area contributed by atoms with Gasteiger partial charge in [-0.2, -0.15) is 0 Å². The van der Waals surface area contributed by atoms with E-state index in [1.54, 1.807) is 0 Å². The smallest absolute Gasteiger partial charge is 0.0456 e. The van der Waals surface area contributed by atoms with Gasteiger partial charge in [0, 0.05) is 11.2 Å². The molecule has 0 spiro atoms. The van der Waals surface area contributed by atoms with E-state index in [-0.39, 0.29) is 0 Å². The average Bonchev–Trinajstić information content (AvgIpc) is 3.02. The van der Waals surface area contributed by atoms with Crippen LogP contribution in [-0.4, -0.2) is 4.98 Å². The Morgan fingerprint density at radius 1 is 0.826 bits per heavy atom. The van der Waals surface area contributed by atoms with Crippen molar-refractivity contribution >= 4 is 21.7 Å². The Morgan fingerprint density at radius 3 is 2.43 bits per heavy atom. The highest BCUT2D eigenvalue weighted by Crippen LogP contribution is 2.29. The Balaban J connectivity index is 1.56. The molecule has 0 aliphatic carbocycles. The highest BCUT2D eigenvalue weighted by Gasteiger charge is 2.10. The van der Waals surface area contributed by atoms with Gasteiger partial charge < -0.3 is 4.98 Å². The largest absolute Gasteiger partial charge is 0.358 e. The number of aromatic nitrogens is 1. The van der Waals surface area contributed by atoms with Crippen LogP contribution in [-0.2, 0) is 6.42 Å². The summed E-state index contributed by atoms with van der Waals surface area (Å²) >= 11 is 0. The summed E-state index contributed by atoms with van der Waals surface area (Å²) < 4.78 is 0. The number of aryl methyl sites for hydroxylation is 1. The topological polar surface area (TPSA) is 15.8 Å². The number of nitrogens with one attached hydrogen (secondary N) is 1. The predicted molar refractivity (Wildman–Crippen MR) is 99.0 cm³/mol. The first-order valence-electron chi connectivity index (χ1n) is 8.35. The molecule has 0 aliphatic heterocycles. The molecule has 4 aromatic rings. The third-order valence-corrected chi connectivity index (χ3v) is 4.79. The van der Waals surface area contributed by atoms with Crippen LogP contribution in [0.4, 0.5) is 0 Å². The van der Waals surface area contributed by atoms with Crippen LogP contribution in [0.25, 0.3) is 21.7 Å². The molecule has 0 aliphatic rings. The van der Waals surface area contributed by atoms with Crippen molar-refractivity contribution in [2.24, 2.45) is 0 Å². The second kappa shape index (κ2) is 5.92. The first-order chi connectivity index (χ1) is 11.3. The second-order valence-corrected chi connectivity index (χ2v) is 6.39. The maximum absolute atomic E-state index is 3.54. The maximum atomic E-state index is 3.54. The third kappa shape index (κ3) is 2.75. The molecule has 0 fully saturated rings. The van der Waals surface area contributed by atoms with Crippen molar-refractivity contribution in [3.05, 3.63) is 84.1 Å². The molecule has 1 nitrogen and oxygen atoms in total. The quantitative estimate of drug-likeness (QED) is 0.471. The minimum absolute atomic E-state index is 0.549. The Bertz CT molecular complexity index is 910. The average molecular weight is 299 g/mol. The van der Waals surface area contributed by atoms with E-state index in [9.17, 15) is 0 Å². The monoisotopic (exact) mass is 299 g/mol. The number of H-pyrrole nitrogens is 1. The van der Waals surface area contributed by atoms with Crippen LogP contribution < -0.4 is 0 Å². The SMILES string of the molecule is C[C@@H](CCc1cc2ccccc2[nH]1)c1cccc2ccccc12. The molecule has 1 N–H and O–H groups in total. The van der Waals surface area contributed by atoms with E-state index in [1.165, 1.54) is 32.9 Å². The van der Waals surface area contributed by atoms with Crippen molar-refractivity contribution < 1.29 is 0 Å². The Labute approximate surface area is 137 Å². The van der Waals surface area contributed by atoms with Crippen LogP contribution in [0.5, 0.6) is 0 Å². The van der Waals surface area contributed by atoms with Crippen LogP contribution in [0.15, 0.2) is 72.8 Å². The first kappa shape index (κ1) is 14.1. The summed E-state index contributed by atoms with van der Waals surface area (Å²) in [6.45, 7) is 2.34. The van der Waals surface area contributed by atoms with Gasteiger partial charge in [-0.15, -0.1) is 0 Å². The van der Waals surface area contributed by atoms with Crippen molar-refractivity contribution in [3.8, 4) is 0 Å². The number of hydrogen-bond acceptors (Lipinski definition) is 0. The van der Waals surface area contributed by atoms with Crippen molar-refractivity contribution in [1.29, 1.82) is 0 Å². The Hall–Kier alpha value is -2.54. The van der Waals surface area contributed by atoms with Crippen LogP contribution in [0.1, 0.15) is 30.5 Å². The van der Waals surface area contributed by atoms with Crippen molar-refractivity contribution in [2.45, 2.75) is 25.7 Å². The van der Waals surface area contributed by atoms with Crippen molar-refractivity contribution in [1.82, 2.24) is 4.98 Å². The molecule has 0 unspecified atom stereocenters. The van der Waals surface area contributed by atoms with Gasteiger partial charge in [0.05, 0.1) is 0 Å². The molecule has 23 heavy (non-hydrogen) atoms. The molecule has 1 heterocycles. The second-order valence-electron chi connectivity index (χ2n) is 6.39. The third-order valence-electron chi connectivity index (χ3n) is 4.79. The summed E-state index contributed by atoms with van der Waals surface area (Å²) in [5.41, 5.74) is 4.03. The molecule has 0 saturated heterocycles. The molecule has 0 saturated carbocycles. The maximum Gasteiger partial charge on any atom is 0.0456 e. The predicted octanol–water partition coefficient (Wildman–Crippen LogP) is 6.06. The summed E-state index contributed by atoms with van der Waals surface area (Å²) in [6.07, 6.45) is 2.24. The van der Waals surface area contributed by atoms with Crippen LogP contribution >= 0.6 is 0 Å². The number of benzene rings is 3. The molecule has 0 radical (unpaired) electrons. The zero-order chi connectivity index (χ0) is 15.6. The van der Waals surface area contributed by atoms with E-state index >= 15 is 0 Å². The van der Waals surface area contributed by atoms with E-state index in [2.05, 4.69) is 84.7 Å². The highest BCUT2D eigenvalue weighted by atomic mass is 14.7. The van der Waals surface area contributed by atoms with Crippen molar-refractivity contribution in [2.75, 3.05) is 0 Å². The van der Waals surface area contributed by atoms with Gasteiger partial charge in [-0.1, -0.05) is 67.6 Å². The lowest BCUT2D eigenvalue weighted by molar-refractivity contribution is 0.678. The molecule has 3 aromatic carbocycles. The van der Waals surface area contributed by atoms with Gasteiger partial charge in [-0.05, 0) is 52.6 Å². The lowest BCUT2D eigenvalue weighted by Gasteiger charge is -2.14. The van der Waals surface area contributed by atoms with Gasteiger partial charge in [0.25, 0.3) is 0 Å². The lowest BCUT2D eigenvalue weighted by Crippen LogP contribution is -1.97. The minimum Gasteiger partial charge on any atom is -0.358 e. The van der Waals surface area contributed by atoms with Gasteiger partial charge >= 0.3 is 0 Å².